The first-order valence-corrected chi connectivity index (χ1v) is 10.2. The first-order chi connectivity index (χ1) is 15.1. The summed E-state index contributed by atoms with van der Waals surface area (Å²) in [7, 11) is 3.43. The van der Waals surface area contributed by atoms with Gasteiger partial charge in [0.05, 0.1) is 7.11 Å². The SMILES string of the molecule is COc1ccc(C(=O)N(C)Cc2ccccc2)cc1COc1ccc2ccccc2c1. The van der Waals surface area contributed by atoms with Gasteiger partial charge in [0.15, 0.2) is 0 Å². The Morgan fingerprint density at radius 2 is 1.58 bits per heavy atom. The van der Waals surface area contributed by atoms with E-state index < -0.39 is 0 Å². The number of nitrogens with zero attached hydrogens (tertiary/aromatic N) is 1. The zero-order valence-corrected chi connectivity index (χ0v) is 17.7. The third-order valence-electron chi connectivity index (χ3n) is 5.25. The van der Waals surface area contributed by atoms with Crippen LogP contribution in [-0.4, -0.2) is 25.0 Å². The van der Waals surface area contributed by atoms with Crippen molar-refractivity contribution in [3.8, 4) is 11.5 Å². The zero-order valence-electron chi connectivity index (χ0n) is 17.7. The average molecular weight is 412 g/mol. The highest BCUT2D eigenvalue weighted by Crippen LogP contribution is 2.25. The van der Waals surface area contributed by atoms with Gasteiger partial charge < -0.3 is 14.4 Å². The van der Waals surface area contributed by atoms with Gasteiger partial charge in [0.1, 0.15) is 18.1 Å². The zero-order chi connectivity index (χ0) is 21.6. The molecule has 0 radical (unpaired) electrons. The Kier molecular flexibility index (Phi) is 6.18. The molecule has 0 fully saturated rings. The third-order valence-corrected chi connectivity index (χ3v) is 5.25. The normalized spacial score (nSPS) is 10.6. The van der Waals surface area contributed by atoms with Crippen LogP contribution in [0.15, 0.2) is 91.0 Å². The Morgan fingerprint density at radius 1 is 0.839 bits per heavy atom. The van der Waals surface area contributed by atoms with Crippen LogP contribution in [0.4, 0.5) is 0 Å². The van der Waals surface area contributed by atoms with Crippen molar-refractivity contribution in [1.29, 1.82) is 0 Å². The Bertz CT molecular complexity index is 1190. The molecule has 4 rings (SSSR count). The molecule has 0 saturated heterocycles. The van der Waals surface area contributed by atoms with Gasteiger partial charge in [0, 0.05) is 24.7 Å². The molecule has 0 N–H and O–H groups in total. The summed E-state index contributed by atoms with van der Waals surface area (Å²) in [5, 5.41) is 2.29. The highest BCUT2D eigenvalue weighted by molar-refractivity contribution is 5.94. The maximum absolute atomic E-state index is 13.0. The van der Waals surface area contributed by atoms with E-state index in [2.05, 4.69) is 12.1 Å². The number of fused-ring (bicyclic) bond motifs is 1. The van der Waals surface area contributed by atoms with Crippen molar-refractivity contribution in [3.05, 3.63) is 108 Å². The summed E-state index contributed by atoms with van der Waals surface area (Å²) in [5.41, 5.74) is 2.53. The molecular weight excluding hydrogens is 386 g/mol. The number of benzene rings is 4. The quantitative estimate of drug-likeness (QED) is 0.392. The van der Waals surface area contributed by atoms with Crippen LogP contribution in [0.25, 0.3) is 10.8 Å². The first kappa shape index (κ1) is 20.5. The van der Waals surface area contributed by atoms with Crippen molar-refractivity contribution < 1.29 is 14.3 Å². The lowest BCUT2D eigenvalue weighted by Crippen LogP contribution is -2.26. The van der Waals surface area contributed by atoms with E-state index in [-0.39, 0.29) is 5.91 Å². The summed E-state index contributed by atoms with van der Waals surface area (Å²) in [6, 6.07) is 29.6. The van der Waals surface area contributed by atoms with Crippen LogP contribution in [-0.2, 0) is 13.2 Å². The van der Waals surface area contributed by atoms with Crippen molar-refractivity contribution in [2.24, 2.45) is 0 Å². The maximum atomic E-state index is 13.0. The van der Waals surface area contributed by atoms with E-state index in [1.165, 1.54) is 5.39 Å². The van der Waals surface area contributed by atoms with Crippen LogP contribution >= 0.6 is 0 Å². The number of carbonyl (C=O) groups excluding carboxylic acids is 1. The predicted molar refractivity (Wildman–Crippen MR) is 124 cm³/mol. The van der Waals surface area contributed by atoms with Gasteiger partial charge in [0.25, 0.3) is 5.91 Å². The molecule has 0 aliphatic heterocycles. The van der Waals surface area contributed by atoms with Crippen molar-refractivity contribution in [1.82, 2.24) is 4.90 Å². The van der Waals surface area contributed by atoms with Gasteiger partial charge in [-0.15, -0.1) is 0 Å². The predicted octanol–water partition coefficient (Wildman–Crippen LogP) is 5.70. The van der Waals surface area contributed by atoms with Gasteiger partial charge in [-0.25, -0.2) is 0 Å². The van der Waals surface area contributed by atoms with E-state index in [0.29, 0.717) is 24.5 Å². The number of ether oxygens (including phenoxy) is 2. The molecule has 0 spiro atoms. The minimum atomic E-state index is -0.0431. The monoisotopic (exact) mass is 411 g/mol. The van der Waals surface area contributed by atoms with Crippen LogP contribution in [0.2, 0.25) is 0 Å². The lowest BCUT2D eigenvalue weighted by molar-refractivity contribution is 0.0785. The second kappa shape index (κ2) is 9.35. The molecule has 0 heterocycles. The molecular formula is C27H25NO3. The van der Waals surface area contributed by atoms with Gasteiger partial charge >= 0.3 is 0 Å². The van der Waals surface area contributed by atoms with Crippen molar-refractivity contribution >= 4 is 16.7 Å². The lowest BCUT2D eigenvalue weighted by Gasteiger charge is -2.19. The number of carbonyl (C=O) groups is 1. The van der Waals surface area contributed by atoms with E-state index >= 15 is 0 Å². The van der Waals surface area contributed by atoms with Crippen LogP contribution in [0.1, 0.15) is 21.5 Å². The molecule has 156 valence electrons. The summed E-state index contributed by atoms with van der Waals surface area (Å²) < 4.78 is 11.5. The molecule has 0 bridgehead atoms. The third kappa shape index (κ3) is 4.86. The highest BCUT2D eigenvalue weighted by Gasteiger charge is 2.15. The average Bonchev–Trinajstić information content (AvgIpc) is 2.82. The molecule has 0 aliphatic carbocycles. The molecule has 0 aromatic heterocycles. The lowest BCUT2D eigenvalue weighted by atomic mass is 10.1. The highest BCUT2D eigenvalue weighted by atomic mass is 16.5. The summed E-state index contributed by atoms with van der Waals surface area (Å²) in [5.74, 6) is 1.43. The van der Waals surface area contributed by atoms with Gasteiger partial charge in [0.2, 0.25) is 0 Å². The molecule has 0 saturated carbocycles. The van der Waals surface area contributed by atoms with E-state index in [1.54, 1.807) is 18.1 Å². The molecule has 4 aromatic rings. The van der Waals surface area contributed by atoms with Crippen molar-refractivity contribution in [3.63, 3.8) is 0 Å². The summed E-state index contributed by atoms with van der Waals surface area (Å²) in [4.78, 5) is 14.7. The molecule has 4 heteroatoms. The molecule has 0 unspecified atom stereocenters. The summed E-state index contributed by atoms with van der Waals surface area (Å²) in [6.45, 7) is 0.861. The van der Waals surface area contributed by atoms with Gasteiger partial charge in [-0.3, -0.25) is 4.79 Å². The molecule has 4 aromatic carbocycles. The second-order valence-electron chi connectivity index (χ2n) is 7.47. The smallest absolute Gasteiger partial charge is 0.253 e. The van der Waals surface area contributed by atoms with Gasteiger partial charge in [-0.05, 0) is 46.7 Å². The van der Waals surface area contributed by atoms with E-state index in [0.717, 1.165) is 22.3 Å². The Balaban J connectivity index is 1.50. The van der Waals surface area contributed by atoms with E-state index in [9.17, 15) is 4.79 Å². The second-order valence-corrected chi connectivity index (χ2v) is 7.47. The fourth-order valence-corrected chi connectivity index (χ4v) is 3.59. The fourth-order valence-electron chi connectivity index (χ4n) is 3.59. The van der Waals surface area contributed by atoms with E-state index in [4.69, 9.17) is 9.47 Å². The molecule has 31 heavy (non-hydrogen) atoms. The Hall–Kier alpha value is -3.79. The van der Waals surface area contributed by atoms with Crippen LogP contribution in [0, 0.1) is 0 Å². The molecule has 0 aliphatic rings. The molecule has 1 amide bonds. The Morgan fingerprint density at radius 3 is 2.35 bits per heavy atom. The first-order valence-electron chi connectivity index (χ1n) is 10.2. The largest absolute Gasteiger partial charge is 0.496 e. The molecule has 0 atom stereocenters. The minimum Gasteiger partial charge on any atom is -0.496 e. The van der Waals surface area contributed by atoms with Gasteiger partial charge in [-0.2, -0.15) is 0 Å². The fraction of sp³-hybridized carbons (Fsp3) is 0.148. The van der Waals surface area contributed by atoms with E-state index in [1.807, 2.05) is 79.8 Å². The van der Waals surface area contributed by atoms with Crippen LogP contribution in [0.5, 0.6) is 11.5 Å². The minimum absolute atomic E-state index is 0.0431. The van der Waals surface area contributed by atoms with Crippen LogP contribution < -0.4 is 9.47 Å². The Labute approximate surface area is 182 Å². The van der Waals surface area contributed by atoms with Crippen molar-refractivity contribution in [2.75, 3.05) is 14.2 Å². The number of hydrogen-bond acceptors (Lipinski definition) is 3. The summed E-state index contributed by atoms with van der Waals surface area (Å²) >= 11 is 0. The number of amides is 1. The van der Waals surface area contributed by atoms with Gasteiger partial charge in [-0.1, -0.05) is 60.7 Å². The van der Waals surface area contributed by atoms with Crippen molar-refractivity contribution in [2.45, 2.75) is 13.2 Å². The maximum Gasteiger partial charge on any atom is 0.253 e. The summed E-state index contributed by atoms with van der Waals surface area (Å²) in [6.07, 6.45) is 0. The number of rotatable bonds is 7. The number of methoxy groups -OCH3 is 1. The number of hydrogen-bond donors (Lipinski definition) is 0. The standard InChI is InChI=1S/C27H25NO3/c1-28(18-20-8-4-3-5-9-20)27(29)23-13-15-26(30-2)24(16-23)19-31-25-14-12-21-10-6-7-11-22(21)17-25/h3-17H,18-19H2,1-2H3. The topological polar surface area (TPSA) is 38.8 Å². The molecule has 4 nitrogen and oxygen atoms in total. The van der Waals surface area contributed by atoms with Crippen LogP contribution in [0.3, 0.4) is 0 Å².